The number of hydrogen-bond donors (Lipinski definition) is 1. The van der Waals surface area contributed by atoms with Gasteiger partial charge in [-0.1, -0.05) is 12.5 Å². The van der Waals surface area contributed by atoms with Crippen LogP contribution in [-0.4, -0.2) is 18.9 Å². The first-order valence-electron chi connectivity index (χ1n) is 10.5. The maximum Gasteiger partial charge on any atom is 0.244 e. The second kappa shape index (κ2) is 7.97. The standard InChI is InChI=1S/C24H27F3N2O/c1-15-10-20(29-9-6-17-12-19(25)5-4-18(17)14-29)11-16(2)22(15)28-21(30)13-24(23(26)27)7-3-8-24/h4-5,10-12,23H,3,6-9,13-14H2,1-2H3,(H,28,30). The Kier molecular flexibility index (Phi) is 5.51. The number of aryl methyl sites for hydroxylation is 2. The summed E-state index contributed by atoms with van der Waals surface area (Å²) in [5.41, 5.74) is 4.58. The quantitative estimate of drug-likeness (QED) is 0.671. The number of benzene rings is 2. The zero-order chi connectivity index (χ0) is 21.5. The van der Waals surface area contributed by atoms with E-state index in [0.29, 0.717) is 25.1 Å². The number of hydrogen-bond acceptors (Lipinski definition) is 2. The van der Waals surface area contributed by atoms with E-state index in [1.165, 1.54) is 6.07 Å². The van der Waals surface area contributed by atoms with E-state index in [9.17, 15) is 18.0 Å². The lowest BCUT2D eigenvalue weighted by molar-refractivity contribution is -0.127. The highest BCUT2D eigenvalue weighted by molar-refractivity contribution is 5.93. The van der Waals surface area contributed by atoms with Gasteiger partial charge in [-0.25, -0.2) is 13.2 Å². The maximum atomic E-state index is 13.5. The molecule has 1 saturated carbocycles. The first-order valence-corrected chi connectivity index (χ1v) is 10.5. The predicted molar refractivity (Wildman–Crippen MR) is 113 cm³/mol. The van der Waals surface area contributed by atoms with Crippen LogP contribution in [0.3, 0.4) is 0 Å². The summed E-state index contributed by atoms with van der Waals surface area (Å²) in [4.78, 5) is 14.7. The molecule has 2 aliphatic rings. The summed E-state index contributed by atoms with van der Waals surface area (Å²) in [5.74, 6) is -0.549. The zero-order valence-corrected chi connectivity index (χ0v) is 17.4. The lowest BCUT2D eigenvalue weighted by Gasteiger charge is -2.40. The summed E-state index contributed by atoms with van der Waals surface area (Å²) < 4.78 is 40.2. The van der Waals surface area contributed by atoms with Crippen LogP contribution in [0.5, 0.6) is 0 Å². The van der Waals surface area contributed by atoms with Crippen molar-refractivity contribution in [3.63, 3.8) is 0 Å². The molecule has 0 atom stereocenters. The Hall–Kier alpha value is -2.50. The normalized spacial score (nSPS) is 17.5. The van der Waals surface area contributed by atoms with Crippen LogP contribution in [0.1, 0.15) is 47.9 Å². The van der Waals surface area contributed by atoms with Gasteiger partial charge in [-0.15, -0.1) is 0 Å². The van der Waals surface area contributed by atoms with E-state index >= 15 is 0 Å². The van der Waals surface area contributed by atoms with Crippen LogP contribution in [0.2, 0.25) is 0 Å². The van der Waals surface area contributed by atoms with Gasteiger partial charge >= 0.3 is 0 Å². The molecule has 2 aromatic rings. The molecule has 0 radical (unpaired) electrons. The van der Waals surface area contributed by atoms with Crippen molar-refractivity contribution in [1.29, 1.82) is 0 Å². The van der Waals surface area contributed by atoms with Gasteiger partial charge in [-0.05, 0) is 79.6 Å². The summed E-state index contributed by atoms with van der Waals surface area (Å²) in [6, 6.07) is 8.97. The van der Waals surface area contributed by atoms with E-state index in [-0.39, 0.29) is 18.1 Å². The highest BCUT2D eigenvalue weighted by Crippen LogP contribution is 2.49. The molecule has 1 amide bonds. The molecule has 1 aliphatic heterocycles. The number of rotatable bonds is 5. The summed E-state index contributed by atoms with van der Waals surface area (Å²) in [6.45, 7) is 5.34. The number of anilines is 2. The van der Waals surface area contributed by atoms with Gasteiger partial charge in [-0.2, -0.15) is 0 Å². The molecule has 30 heavy (non-hydrogen) atoms. The molecule has 1 aliphatic carbocycles. The Morgan fingerprint density at radius 3 is 2.43 bits per heavy atom. The Morgan fingerprint density at radius 1 is 1.13 bits per heavy atom. The number of nitrogens with zero attached hydrogens (tertiary/aromatic N) is 1. The minimum Gasteiger partial charge on any atom is -0.367 e. The topological polar surface area (TPSA) is 32.3 Å². The summed E-state index contributed by atoms with van der Waals surface area (Å²) in [6.07, 6.45) is -0.234. The van der Waals surface area contributed by atoms with E-state index in [1.54, 1.807) is 6.07 Å². The van der Waals surface area contributed by atoms with Crippen LogP contribution < -0.4 is 10.2 Å². The molecule has 0 spiro atoms. The Morgan fingerprint density at radius 2 is 1.83 bits per heavy atom. The first-order chi connectivity index (χ1) is 14.3. The molecule has 0 bridgehead atoms. The van der Waals surface area contributed by atoms with E-state index in [0.717, 1.165) is 47.3 Å². The van der Waals surface area contributed by atoms with Crippen LogP contribution >= 0.6 is 0 Å². The lowest BCUT2D eigenvalue weighted by atomic mass is 9.66. The number of nitrogens with one attached hydrogen (secondary N) is 1. The summed E-state index contributed by atoms with van der Waals surface area (Å²) in [5, 5.41) is 2.88. The molecular formula is C24H27F3N2O. The first kappa shape index (κ1) is 20.8. The van der Waals surface area contributed by atoms with Crippen molar-refractivity contribution in [1.82, 2.24) is 0 Å². The van der Waals surface area contributed by atoms with Gasteiger partial charge in [0.25, 0.3) is 0 Å². The minimum atomic E-state index is -2.46. The molecule has 0 unspecified atom stereocenters. The monoisotopic (exact) mass is 416 g/mol. The van der Waals surface area contributed by atoms with Crippen molar-refractivity contribution >= 4 is 17.3 Å². The number of carbonyl (C=O) groups is 1. The molecule has 160 valence electrons. The molecule has 0 aromatic heterocycles. The van der Waals surface area contributed by atoms with Crippen molar-refractivity contribution in [3.05, 3.63) is 58.4 Å². The zero-order valence-electron chi connectivity index (χ0n) is 17.4. The highest BCUT2D eigenvalue weighted by Gasteiger charge is 2.46. The van der Waals surface area contributed by atoms with Crippen LogP contribution in [0.15, 0.2) is 30.3 Å². The largest absolute Gasteiger partial charge is 0.367 e. The molecule has 6 heteroatoms. The number of amides is 1. The van der Waals surface area contributed by atoms with Gasteiger partial charge in [0.15, 0.2) is 0 Å². The average Bonchev–Trinajstić information content (AvgIpc) is 2.66. The molecule has 3 nitrogen and oxygen atoms in total. The van der Waals surface area contributed by atoms with E-state index < -0.39 is 11.8 Å². The summed E-state index contributed by atoms with van der Waals surface area (Å²) in [7, 11) is 0. The SMILES string of the molecule is Cc1cc(N2CCc3cc(F)ccc3C2)cc(C)c1NC(=O)CC1(C(F)F)CCC1. The third kappa shape index (κ3) is 3.92. The number of alkyl halides is 2. The minimum absolute atomic E-state index is 0.134. The molecule has 1 fully saturated rings. The van der Waals surface area contributed by atoms with Crippen molar-refractivity contribution in [3.8, 4) is 0 Å². The fraction of sp³-hybridized carbons (Fsp3) is 0.458. The van der Waals surface area contributed by atoms with Gasteiger partial charge in [0, 0.05) is 36.3 Å². The predicted octanol–water partition coefficient (Wildman–Crippen LogP) is 5.77. The Bertz CT molecular complexity index is 946. The van der Waals surface area contributed by atoms with Gasteiger partial charge in [0.2, 0.25) is 12.3 Å². The molecule has 1 heterocycles. The maximum absolute atomic E-state index is 13.5. The van der Waals surface area contributed by atoms with Gasteiger partial charge in [0.1, 0.15) is 5.82 Å². The van der Waals surface area contributed by atoms with E-state index in [4.69, 9.17) is 0 Å². The lowest BCUT2D eigenvalue weighted by Crippen LogP contribution is -2.40. The van der Waals surface area contributed by atoms with Crippen molar-refractivity contribution in [2.24, 2.45) is 5.41 Å². The molecule has 2 aromatic carbocycles. The molecular weight excluding hydrogens is 389 g/mol. The number of carbonyl (C=O) groups excluding carboxylic acids is 1. The third-order valence-electron chi connectivity index (χ3n) is 6.65. The van der Waals surface area contributed by atoms with E-state index in [1.807, 2.05) is 32.0 Å². The second-order valence-corrected chi connectivity index (χ2v) is 8.78. The van der Waals surface area contributed by atoms with E-state index in [2.05, 4.69) is 10.2 Å². The Balaban J connectivity index is 1.48. The molecule has 1 N–H and O–H groups in total. The molecule has 0 saturated heterocycles. The van der Waals surface area contributed by atoms with Crippen LogP contribution in [0.4, 0.5) is 24.5 Å². The van der Waals surface area contributed by atoms with Crippen LogP contribution in [-0.2, 0) is 17.8 Å². The highest BCUT2D eigenvalue weighted by atomic mass is 19.3. The fourth-order valence-electron chi connectivity index (χ4n) is 4.67. The van der Waals surface area contributed by atoms with Crippen molar-refractivity contribution in [2.75, 3.05) is 16.8 Å². The summed E-state index contributed by atoms with van der Waals surface area (Å²) >= 11 is 0. The fourth-order valence-corrected chi connectivity index (χ4v) is 4.67. The number of halogens is 3. The smallest absolute Gasteiger partial charge is 0.244 e. The van der Waals surface area contributed by atoms with Gasteiger partial charge < -0.3 is 10.2 Å². The van der Waals surface area contributed by atoms with Crippen LogP contribution in [0, 0.1) is 25.1 Å². The van der Waals surface area contributed by atoms with Gasteiger partial charge in [-0.3, -0.25) is 4.79 Å². The van der Waals surface area contributed by atoms with Crippen molar-refractivity contribution < 1.29 is 18.0 Å². The Labute approximate surface area is 175 Å². The molecule has 4 rings (SSSR count). The van der Waals surface area contributed by atoms with Crippen molar-refractivity contribution in [2.45, 2.75) is 58.9 Å². The van der Waals surface area contributed by atoms with Crippen LogP contribution in [0.25, 0.3) is 0 Å². The number of fused-ring (bicyclic) bond motifs is 1. The second-order valence-electron chi connectivity index (χ2n) is 8.78. The average molecular weight is 416 g/mol. The van der Waals surface area contributed by atoms with Gasteiger partial charge in [0.05, 0.1) is 0 Å². The third-order valence-corrected chi connectivity index (χ3v) is 6.65.